The van der Waals surface area contributed by atoms with Crippen molar-refractivity contribution >= 4 is 17.3 Å². The molecule has 0 aliphatic rings. The van der Waals surface area contributed by atoms with Gasteiger partial charge >= 0.3 is 0 Å². The number of anilines is 2. The fourth-order valence-electron chi connectivity index (χ4n) is 1.61. The minimum atomic E-state index is 0.566. The maximum Gasteiger partial charge on any atom is 0.180 e. The highest BCUT2D eigenvalue weighted by atomic mass is 15.3. The summed E-state index contributed by atoms with van der Waals surface area (Å²) in [6.07, 6.45) is 5.42. The summed E-state index contributed by atoms with van der Waals surface area (Å²) in [6, 6.07) is 0. The lowest BCUT2D eigenvalue weighted by Gasteiger charge is -2.17. The molecule has 0 aromatic carbocycles. The van der Waals surface area contributed by atoms with Crippen LogP contribution >= 0.6 is 0 Å². The highest BCUT2D eigenvalue weighted by molar-refractivity contribution is 5.65. The van der Waals surface area contributed by atoms with Crippen molar-refractivity contribution in [2.24, 2.45) is 17.7 Å². The van der Waals surface area contributed by atoms with Crippen LogP contribution in [0, 0.1) is 11.8 Å². The zero-order valence-electron chi connectivity index (χ0n) is 11.0. The molecule has 18 heavy (non-hydrogen) atoms. The van der Waals surface area contributed by atoms with Gasteiger partial charge in [-0.2, -0.15) is 0 Å². The molecule has 1 unspecified atom stereocenters. The van der Waals surface area contributed by atoms with Crippen molar-refractivity contribution in [3.8, 4) is 0 Å². The number of aromatic nitrogens is 3. The van der Waals surface area contributed by atoms with Gasteiger partial charge in [0.05, 0.1) is 6.20 Å². The van der Waals surface area contributed by atoms with Gasteiger partial charge in [-0.15, -0.1) is 0 Å². The number of imidazole rings is 1. The first kappa shape index (κ1) is 12.6. The number of hydrazine groups is 1. The Morgan fingerprint density at radius 2 is 2.17 bits per heavy atom. The Labute approximate surface area is 107 Å². The molecule has 0 saturated heterocycles. The summed E-state index contributed by atoms with van der Waals surface area (Å²) >= 11 is 0. The lowest BCUT2D eigenvalue weighted by molar-refractivity contribution is 0.439. The number of nitrogens with zero attached hydrogens (tertiary/aromatic N) is 3. The normalized spacial score (nSPS) is 12.9. The molecule has 1 atom stereocenters. The van der Waals surface area contributed by atoms with E-state index in [2.05, 4.69) is 41.5 Å². The second-order valence-electron chi connectivity index (χ2n) is 4.88. The van der Waals surface area contributed by atoms with Gasteiger partial charge in [0, 0.05) is 18.9 Å². The average Bonchev–Trinajstić information content (AvgIpc) is 2.83. The van der Waals surface area contributed by atoms with Gasteiger partial charge in [0.15, 0.2) is 17.3 Å². The topological polar surface area (TPSA) is 80.3 Å². The van der Waals surface area contributed by atoms with Crippen molar-refractivity contribution in [1.82, 2.24) is 14.4 Å². The Balaban J connectivity index is 2.23. The van der Waals surface area contributed by atoms with Gasteiger partial charge in [-0.25, -0.2) is 15.8 Å². The monoisotopic (exact) mass is 248 g/mol. The maximum absolute atomic E-state index is 5.41. The van der Waals surface area contributed by atoms with Crippen molar-refractivity contribution in [1.29, 1.82) is 0 Å². The van der Waals surface area contributed by atoms with Crippen LogP contribution in [0.5, 0.6) is 0 Å². The molecule has 0 saturated carbocycles. The highest BCUT2D eigenvalue weighted by Gasteiger charge is 2.10. The van der Waals surface area contributed by atoms with E-state index in [0.29, 0.717) is 17.7 Å². The van der Waals surface area contributed by atoms with Gasteiger partial charge < -0.3 is 15.1 Å². The van der Waals surface area contributed by atoms with Gasteiger partial charge in [-0.05, 0) is 11.8 Å². The minimum absolute atomic E-state index is 0.566. The molecule has 4 N–H and O–H groups in total. The highest BCUT2D eigenvalue weighted by Crippen LogP contribution is 2.17. The van der Waals surface area contributed by atoms with Crippen molar-refractivity contribution < 1.29 is 0 Å². The summed E-state index contributed by atoms with van der Waals surface area (Å²) in [6.45, 7) is 7.50. The van der Waals surface area contributed by atoms with E-state index >= 15 is 0 Å². The third kappa shape index (κ3) is 2.53. The molecular weight excluding hydrogens is 228 g/mol. The van der Waals surface area contributed by atoms with Crippen LogP contribution in [0.1, 0.15) is 20.8 Å². The summed E-state index contributed by atoms with van der Waals surface area (Å²) in [5, 5.41) is 3.34. The first-order valence-corrected chi connectivity index (χ1v) is 6.16. The summed E-state index contributed by atoms with van der Waals surface area (Å²) in [5.74, 6) is 7.97. The fourth-order valence-corrected chi connectivity index (χ4v) is 1.61. The average molecular weight is 248 g/mol. The lowest BCUT2D eigenvalue weighted by Crippen LogP contribution is -2.18. The summed E-state index contributed by atoms with van der Waals surface area (Å²) in [7, 11) is 0. The van der Waals surface area contributed by atoms with E-state index in [1.807, 2.05) is 10.6 Å². The van der Waals surface area contributed by atoms with Crippen molar-refractivity contribution in [2.75, 3.05) is 17.3 Å². The molecule has 0 aliphatic carbocycles. The molecule has 98 valence electrons. The second-order valence-corrected chi connectivity index (χ2v) is 4.88. The van der Waals surface area contributed by atoms with Crippen LogP contribution in [0.25, 0.3) is 5.65 Å². The van der Waals surface area contributed by atoms with E-state index in [4.69, 9.17) is 5.84 Å². The lowest BCUT2D eigenvalue weighted by atomic mass is 9.98. The van der Waals surface area contributed by atoms with Crippen LogP contribution in [-0.2, 0) is 0 Å². The molecule has 0 spiro atoms. The molecule has 0 amide bonds. The summed E-state index contributed by atoms with van der Waals surface area (Å²) < 4.78 is 1.89. The predicted octanol–water partition coefficient (Wildman–Crippen LogP) is 1.72. The molecule has 0 radical (unpaired) electrons. The van der Waals surface area contributed by atoms with Gasteiger partial charge in [0.1, 0.15) is 0 Å². The molecule has 0 bridgehead atoms. The van der Waals surface area contributed by atoms with Crippen LogP contribution in [0.15, 0.2) is 18.6 Å². The number of nitrogens with two attached hydrogens (primary N) is 1. The van der Waals surface area contributed by atoms with Crippen LogP contribution in [-0.4, -0.2) is 20.9 Å². The van der Waals surface area contributed by atoms with E-state index in [1.54, 1.807) is 12.4 Å². The van der Waals surface area contributed by atoms with Crippen LogP contribution in [0.2, 0.25) is 0 Å². The zero-order chi connectivity index (χ0) is 13.1. The number of fused-ring (bicyclic) bond motifs is 1. The smallest absolute Gasteiger partial charge is 0.180 e. The van der Waals surface area contributed by atoms with Crippen molar-refractivity contribution in [3.63, 3.8) is 0 Å². The third-order valence-electron chi connectivity index (χ3n) is 3.25. The van der Waals surface area contributed by atoms with Crippen LogP contribution in [0.3, 0.4) is 0 Å². The Morgan fingerprint density at radius 3 is 2.83 bits per heavy atom. The Hall–Kier alpha value is -1.82. The predicted molar refractivity (Wildman–Crippen MR) is 73.3 cm³/mol. The molecule has 6 heteroatoms. The van der Waals surface area contributed by atoms with Gasteiger partial charge in [-0.1, -0.05) is 20.8 Å². The van der Waals surface area contributed by atoms with Crippen molar-refractivity contribution in [2.45, 2.75) is 20.8 Å². The molecule has 0 aliphatic heterocycles. The SMILES string of the molecule is CC(C)C(C)CNc1nc(NN)cn2ccnc12. The first-order chi connectivity index (χ1) is 8.61. The quantitative estimate of drug-likeness (QED) is 0.554. The number of hydrogen-bond acceptors (Lipinski definition) is 5. The number of hydrogen-bond donors (Lipinski definition) is 3. The van der Waals surface area contributed by atoms with E-state index < -0.39 is 0 Å². The van der Waals surface area contributed by atoms with E-state index in [0.717, 1.165) is 18.0 Å². The van der Waals surface area contributed by atoms with E-state index in [1.165, 1.54) is 0 Å². The molecule has 2 heterocycles. The summed E-state index contributed by atoms with van der Waals surface area (Å²) in [5.41, 5.74) is 3.37. The van der Waals surface area contributed by atoms with Crippen LogP contribution in [0.4, 0.5) is 11.6 Å². The molecule has 0 fully saturated rings. The van der Waals surface area contributed by atoms with E-state index in [-0.39, 0.29) is 0 Å². The number of rotatable bonds is 5. The molecule has 2 rings (SSSR count). The largest absolute Gasteiger partial charge is 0.367 e. The minimum Gasteiger partial charge on any atom is -0.367 e. The zero-order valence-corrected chi connectivity index (χ0v) is 11.0. The fraction of sp³-hybridized carbons (Fsp3) is 0.500. The number of nitrogen functional groups attached to an aromatic ring is 1. The van der Waals surface area contributed by atoms with E-state index in [9.17, 15) is 0 Å². The Bertz CT molecular complexity index is 518. The van der Waals surface area contributed by atoms with Crippen LogP contribution < -0.4 is 16.6 Å². The standard InChI is InChI=1S/C12H20N6/c1-8(2)9(3)6-15-11-12-14-4-5-18(12)7-10(16-11)17-13/h4-5,7-9,17H,6,13H2,1-3H3,(H,15,16). The third-order valence-corrected chi connectivity index (χ3v) is 3.25. The summed E-state index contributed by atoms with van der Waals surface area (Å²) in [4.78, 5) is 8.68. The Kier molecular flexibility index (Phi) is 3.66. The first-order valence-electron chi connectivity index (χ1n) is 6.16. The second kappa shape index (κ2) is 5.22. The molecule has 2 aromatic rings. The number of nitrogens with one attached hydrogen (secondary N) is 2. The van der Waals surface area contributed by atoms with Crippen molar-refractivity contribution in [3.05, 3.63) is 18.6 Å². The maximum atomic E-state index is 5.41. The Morgan fingerprint density at radius 1 is 1.39 bits per heavy atom. The van der Waals surface area contributed by atoms with Gasteiger partial charge in [0.25, 0.3) is 0 Å². The van der Waals surface area contributed by atoms with Gasteiger partial charge in [-0.3, -0.25) is 0 Å². The molecule has 2 aromatic heterocycles. The molecule has 6 nitrogen and oxygen atoms in total. The van der Waals surface area contributed by atoms with Gasteiger partial charge in [0.2, 0.25) is 0 Å². The molecular formula is C12H20N6.